The van der Waals surface area contributed by atoms with Gasteiger partial charge in [-0.2, -0.15) is 0 Å². The summed E-state index contributed by atoms with van der Waals surface area (Å²) in [5.41, 5.74) is 2.71. The van der Waals surface area contributed by atoms with E-state index >= 15 is 0 Å². The number of benzene rings is 2. The molecule has 0 N–H and O–H groups in total. The number of rotatable bonds is 5. The fraction of sp³-hybridized carbons (Fsp3) is 0.381. The first-order chi connectivity index (χ1) is 12.6. The molecule has 1 saturated heterocycles. The first-order valence-corrected chi connectivity index (χ1v) is 9.05. The molecule has 2 aromatic carbocycles. The molecule has 4 nitrogen and oxygen atoms in total. The number of carbonyl (C=O) groups is 1. The zero-order valence-corrected chi connectivity index (χ0v) is 15.3. The van der Waals surface area contributed by atoms with E-state index in [4.69, 9.17) is 4.74 Å². The van der Waals surface area contributed by atoms with Crippen molar-refractivity contribution >= 4 is 11.6 Å². The minimum atomic E-state index is -0.267. The molecule has 1 aliphatic rings. The molecule has 1 fully saturated rings. The molecule has 1 aliphatic heterocycles. The van der Waals surface area contributed by atoms with Gasteiger partial charge in [0.05, 0.1) is 19.3 Å². The van der Waals surface area contributed by atoms with Gasteiger partial charge in [0.15, 0.2) is 0 Å². The maximum absolute atomic E-state index is 13.2. The Hall–Kier alpha value is -2.40. The number of anilines is 1. The van der Waals surface area contributed by atoms with Gasteiger partial charge in [-0.05, 0) is 48.4 Å². The van der Waals surface area contributed by atoms with Crippen molar-refractivity contribution in [1.29, 1.82) is 0 Å². The van der Waals surface area contributed by atoms with Crippen LogP contribution in [0.5, 0.6) is 0 Å². The van der Waals surface area contributed by atoms with E-state index < -0.39 is 0 Å². The van der Waals surface area contributed by atoms with Crippen molar-refractivity contribution < 1.29 is 13.9 Å². The number of halogens is 1. The molecule has 2 aromatic rings. The van der Waals surface area contributed by atoms with Gasteiger partial charge >= 0.3 is 0 Å². The Kier molecular flexibility index (Phi) is 5.89. The highest BCUT2D eigenvalue weighted by Gasteiger charge is 2.21. The fourth-order valence-corrected chi connectivity index (χ4v) is 3.40. The molecule has 0 aliphatic carbocycles. The van der Waals surface area contributed by atoms with Crippen molar-refractivity contribution in [1.82, 2.24) is 4.90 Å². The number of hydrogen-bond acceptors (Lipinski definition) is 3. The monoisotopic (exact) mass is 356 g/mol. The quantitative estimate of drug-likeness (QED) is 0.815. The molecule has 1 atom stereocenters. The van der Waals surface area contributed by atoms with Gasteiger partial charge in [0.1, 0.15) is 5.82 Å². The molecule has 0 aromatic heterocycles. The number of hydrogen-bond donors (Lipinski definition) is 0. The molecule has 0 saturated carbocycles. The number of morpholine rings is 1. The van der Waals surface area contributed by atoms with E-state index in [1.54, 1.807) is 24.1 Å². The molecule has 1 unspecified atom stereocenters. The van der Waals surface area contributed by atoms with Crippen molar-refractivity contribution in [3.05, 3.63) is 65.5 Å². The van der Waals surface area contributed by atoms with Crippen LogP contribution >= 0.6 is 0 Å². The minimum absolute atomic E-state index is 0.0327. The first-order valence-electron chi connectivity index (χ1n) is 9.05. The van der Waals surface area contributed by atoms with E-state index in [0.717, 1.165) is 44.0 Å². The molecular weight excluding hydrogens is 331 g/mol. The van der Waals surface area contributed by atoms with Gasteiger partial charge in [-0.1, -0.05) is 19.1 Å². The van der Waals surface area contributed by atoms with E-state index in [1.807, 2.05) is 31.2 Å². The van der Waals surface area contributed by atoms with E-state index in [2.05, 4.69) is 4.90 Å². The number of carbonyl (C=O) groups excluding carboxylic acids is 1. The normalized spacial score (nSPS) is 15.6. The third-order valence-electron chi connectivity index (χ3n) is 4.92. The van der Waals surface area contributed by atoms with Gasteiger partial charge in [-0.25, -0.2) is 4.39 Å². The smallest absolute Gasteiger partial charge is 0.254 e. The summed E-state index contributed by atoms with van der Waals surface area (Å²) < 4.78 is 18.6. The standard InChI is InChI=1S/C21H25FN2O2/c1-3-20(16-4-8-18(22)9-5-16)23(2)21(25)17-6-10-19(11-7-17)24-12-14-26-15-13-24/h4-11,20H,3,12-15H2,1-2H3. The van der Waals surface area contributed by atoms with Crippen LogP contribution in [0.1, 0.15) is 35.3 Å². The lowest BCUT2D eigenvalue weighted by Crippen LogP contribution is -2.36. The molecule has 5 heteroatoms. The summed E-state index contributed by atoms with van der Waals surface area (Å²) in [6.07, 6.45) is 0.764. The lowest BCUT2D eigenvalue weighted by molar-refractivity contribution is 0.0726. The predicted octanol–water partition coefficient (Wildman–Crippen LogP) is 3.89. The summed E-state index contributed by atoms with van der Waals surface area (Å²) in [7, 11) is 1.80. The van der Waals surface area contributed by atoms with E-state index in [-0.39, 0.29) is 17.8 Å². The first kappa shape index (κ1) is 18.4. The molecule has 3 rings (SSSR count). The third kappa shape index (κ3) is 4.05. The van der Waals surface area contributed by atoms with Crippen LogP contribution in [0.15, 0.2) is 48.5 Å². The van der Waals surface area contributed by atoms with Gasteiger partial charge in [0, 0.05) is 31.4 Å². The number of ether oxygens (including phenoxy) is 1. The summed E-state index contributed by atoms with van der Waals surface area (Å²) in [6.45, 7) is 5.24. The molecule has 26 heavy (non-hydrogen) atoms. The van der Waals surface area contributed by atoms with E-state index in [1.165, 1.54) is 12.1 Å². The van der Waals surface area contributed by atoms with Crippen LogP contribution in [0.4, 0.5) is 10.1 Å². The van der Waals surface area contributed by atoms with Gasteiger partial charge in [-0.15, -0.1) is 0 Å². The lowest BCUT2D eigenvalue weighted by Gasteiger charge is -2.30. The second kappa shape index (κ2) is 8.32. The third-order valence-corrected chi connectivity index (χ3v) is 4.92. The largest absolute Gasteiger partial charge is 0.378 e. The van der Waals surface area contributed by atoms with Crippen molar-refractivity contribution in [2.24, 2.45) is 0 Å². The van der Waals surface area contributed by atoms with E-state index in [9.17, 15) is 9.18 Å². The number of amides is 1. The Morgan fingerprint density at radius 1 is 1.12 bits per heavy atom. The summed E-state index contributed by atoms with van der Waals surface area (Å²) in [4.78, 5) is 16.9. The summed E-state index contributed by atoms with van der Waals surface area (Å²) in [5.74, 6) is -0.300. The molecule has 138 valence electrons. The zero-order valence-electron chi connectivity index (χ0n) is 15.3. The Morgan fingerprint density at radius 2 is 1.73 bits per heavy atom. The van der Waals surface area contributed by atoms with Crippen LogP contribution in [0.2, 0.25) is 0 Å². The highest BCUT2D eigenvalue weighted by Crippen LogP contribution is 2.25. The van der Waals surface area contributed by atoms with Crippen LogP contribution in [0.25, 0.3) is 0 Å². The van der Waals surface area contributed by atoms with Crippen LogP contribution in [0, 0.1) is 5.82 Å². The highest BCUT2D eigenvalue weighted by atomic mass is 19.1. The van der Waals surface area contributed by atoms with Gasteiger partial charge in [-0.3, -0.25) is 4.79 Å². The fourth-order valence-electron chi connectivity index (χ4n) is 3.40. The second-order valence-electron chi connectivity index (χ2n) is 6.54. The Labute approximate surface area is 154 Å². The summed E-state index contributed by atoms with van der Waals surface area (Å²) >= 11 is 0. The maximum Gasteiger partial charge on any atom is 0.254 e. The van der Waals surface area contributed by atoms with Gasteiger partial charge in [0.25, 0.3) is 5.91 Å². The SMILES string of the molecule is CCC(c1ccc(F)cc1)N(C)C(=O)c1ccc(N2CCOCC2)cc1. The van der Waals surface area contributed by atoms with Crippen LogP contribution in [0.3, 0.4) is 0 Å². The van der Waals surface area contributed by atoms with Crippen molar-refractivity contribution in [2.75, 3.05) is 38.3 Å². The average Bonchev–Trinajstić information content (AvgIpc) is 2.70. The Bertz CT molecular complexity index is 725. The molecule has 1 heterocycles. The Morgan fingerprint density at radius 3 is 2.31 bits per heavy atom. The molecule has 1 amide bonds. The zero-order chi connectivity index (χ0) is 18.5. The van der Waals surface area contributed by atoms with E-state index in [0.29, 0.717) is 5.56 Å². The van der Waals surface area contributed by atoms with Crippen LogP contribution in [-0.4, -0.2) is 44.2 Å². The molecule has 0 radical (unpaired) electrons. The van der Waals surface area contributed by atoms with Crippen molar-refractivity contribution in [2.45, 2.75) is 19.4 Å². The summed E-state index contributed by atoms with van der Waals surface area (Å²) in [5, 5.41) is 0. The summed E-state index contributed by atoms with van der Waals surface area (Å²) in [6, 6.07) is 14.0. The number of nitrogens with zero attached hydrogens (tertiary/aromatic N) is 2. The Balaban J connectivity index is 1.73. The molecule has 0 bridgehead atoms. The van der Waals surface area contributed by atoms with Gasteiger partial charge in [0.2, 0.25) is 0 Å². The average molecular weight is 356 g/mol. The molecular formula is C21H25FN2O2. The lowest BCUT2D eigenvalue weighted by atomic mass is 10.0. The van der Waals surface area contributed by atoms with Crippen molar-refractivity contribution in [3.8, 4) is 0 Å². The van der Waals surface area contributed by atoms with Crippen molar-refractivity contribution in [3.63, 3.8) is 0 Å². The predicted molar refractivity (Wildman–Crippen MR) is 101 cm³/mol. The minimum Gasteiger partial charge on any atom is -0.378 e. The maximum atomic E-state index is 13.2. The topological polar surface area (TPSA) is 32.8 Å². The highest BCUT2D eigenvalue weighted by molar-refractivity contribution is 5.94. The van der Waals surface area contributed by atoms with Crippen LogP contribution in [-0.2, 0) is 4.74 Å². The molecule has 0 spiro atoms. The second-order valence-corrected chi connectivity index (χ2v) is 6.54. The van der Waals surface area contributed by atoms with Gasteiger partial charge < -0.3 is 14.5 Å². The van der Waals surface area contributed by atoms with Crippen LogP contribution < -0.4 is 4.90 Å².